The summed E-state index contributed by atoms with van der Waals surface area (Å²) in [6.45, 7) is 5.31. The van der Waals surface area contributed by atoms with Crippen LogP contribution in [0.3, 0.4) is 0 Å². The fourth-order valence-corrected chi connectivity index (χ4v) is 1.69. The first-order valence-electron chi connectivity index (χ1n) is 5.48. The molecule has 1 rings (SSSR count). The van der Waals surface area contributed by atoms with Gasteiger partial charge in [0.1, 0.15) is 5.82 Å². The van der Waals surface area contributed by atoms with E-state index in [0.29, 0.717) is 5.88 Å². The van der Waals surface area contributed by atoms with Gasteiger partial charge in [-0.1, -0.05) is 13.8 Å². The maximum Gasteiger partial charge on any atom is 0.128 e. The zero-order valence-electron chi connectivity index (χ0n) is 9.76. The molecule has 0 bridgehead atoms. The van der Waals surface area contributed by atoms with Crippen molar-refractivity contribution >= 4 is 17.4 Å². The van der Waals surface area contributed by atoms with Gasteiger partial charge in [0.15, 0.2) is 0 Å². The molecule has 84 valence electrons. The van der Waals surface area contributed by atoms with E-state index in [1.54, 1.807) is 0 Å². The van der Waals surface area contributed by atoms with Gasteiger partial charge in [0.2, 0.25) is 0 Å². The maximum absolute atomic E-state index is 5.86. The number of anilines is 1. The minimum absolute atomic E-state index is 0.558. The predicted molar refractivity (Wildman–Crippen MR) is 66.7 cm³/mol. The third-order valence-electron chi connectivity index (χ3n) is 2.39. The van der Waals surface area contributed by atoms with Crippen LogP contribution < -0.4 is 4.90 Å². The van der Waals surface area contributed by atoms with E-state index in [9.17, 15) is 0 Å². The third-order valence-corrected chi connectivity index (χ3v) is 2.70. The lowest BCUT2D eigenvalue weighted by molar-refractivity contribution is 0.829. The van der Waals surface area contributed by atoms with E-state index in [-0.39, 0.29) is 0 Å². The molecule has 0 aliphatic carbocycles. The first-order valence-corrected chi connectivity index (χ1v) is 6.01. The molecule has 0 unspecified atom stereocenters. The lowest BCUT2D eigenvalue weighted by Gasteiger charge is -2.18. The Morgan fingerprint density at radius 2 is 2.07 bits per heavy atom. The second-order valence-electron chi connectivity index (χ2n) is 3.73. The quantitative estimate of drug-likeness (QED) is 0.717. The molecule has 15 heavy (non-hydrogen) atoms. The minimum Gasteiger partial charge on any atom is -0.360 e. The van der Waals surface area contributed by atoms with Crippen LogP contribution in [-0.4, -0.2) is 18.6 Å². The molecule has 2 nitrogen and oxygen atoms in total. The molecule has 0 amide bonds. The van der Waals surface area contributed by atoms with Crippen LogP contribution in [0.1, 0.15) is 31.5 Å². The molecule has 1 aromatic heterocycles. The molecule has 0 aliphatic rings. The fraction of sp³-hybridized carbons (Fsp3) is 0.583. The number of nitrogens with zero attached hydrogens (tertiary/aromatic N) is 2. The summed E-state index contributed by atoms with van der Waals surface area (Å²) < 4.78 is 0. The second kappa shape index (κ2) is 5.96. The zero-order valence-corrected chi connectivity index (χ0v) is 10.5. The van der Waals surface area contributed by atoms with Crippen molar-refractivity contribution < 1.29 is 0 Å². The molecule has 1 heterocycles. The molecule has 1 aromatic rings. The van der Waals surface area contributed by atoms with E-state index in [0.717, 1.165) is 36.5 Å². The summed E-state index contributed by atoms with van der Waals surface area (Å²) in [5.74, 6) is 1.59. The van der Waals surface area contributed by atoms with Gasteiger partial charge in [-0.05, 0) is 30.5 Å². The van der Waals surface area contributed by atoms with E-state index in [1.165, 1.54) is 0 Å². The Morgan fingerprint density at radius 3 is 2.60 bits per heavy atom. The summed E-state index contributed by atoms with van der Waals surface area (Å²) in [7, 11) is 2.07. The zero-order chi connectivity index (χ0) is 11.3. The molecule has 0 saturated heterocycles. The van der Waals surface area contributed by atoms with E-state index < -0.39 is 0 Å². The first kappa shape index (κ1) is 12.3. The SMILES string of the molecule is CCCN(C)c1cc(CCl)cc(CC)n1. The van der Waals surface area contributed by atoms with Gasteiger partial charge in [-0.25, -0.2) is 4.98 Å². The second-order valence-corrected chi connectivity index (χ2v) is 4.00. The van der Waals surface area contributed by atoms with Crippen LogP contribution in [0, 0.1) is 0 Å². The van der Waals surface area contributed by atoms with Crippen molar-refractivity contribution in [3.8, 4) is 0 Å². The number of pyridine rings is 1. The largest absolute Gasteiger partial charge is 0.360 e. The highest BCUT2D eigenvalue weighted by atomic mass is 35.5. The van der Waals surface area contributed by atoms with Gasteiger partial charge in [0.25, 0.3) is 0 Å². The number of aromatic nitrogens is 1. The third kappa shape index (κ3) is 3.38. The Balaban J connectivity index is 2.95. The number of halogens is 1. The standard InChI is InChI=1S/C12H19ClN2/c1-4-6-15(3)12-8-10(9-13)7-11(5-2)14-12/h7-8H,4-6,9H2,1-3H3. The summed E-state index contributed by atoms with van der Waals surface area (Å²) in [5.41, 5.74) is 2.27. The minimum atomic E-state index is 0.558. The van der Waals surface area contributed by atoms with E-state index in [1.807, 2.05) is 0 Å². The van der Waals surface area contributed by atoms with Crippen molar-refractivity contribution in [2.75, 3.05) is 18.5 Å². The number of hydrogen-bond donors (Lipinski definition) is 0. The van der Waals surface area contributed by atoms with Crippen molar-refractivity contribution in [1.29, 1.82) is 0 Å². The molecular weight excluding hydrogens is 208 g/mol. The molecule has 0 aliphatic heterocycles. The Kier molecular flexibility index (Phi) is 4.89. The summed E-state index contributed by atoms with van der Waals surface area (Å²) in [4.78, 5) is 6.76. The summed E-state index contributed by atoms with van der Waals surface area (Å²) in [6, 6.07) is 4.15. The highest BCUT2D eigenvalue weighted by Crippen LogP contribution is 2.16. The lowest BCUT2D eigenvalue weighted by atomic mass is 10.2. The molecule has 0 spiro atoms. The number of aryl methyl sites for hydroxylation is 1. The van der Waals surface area contributed by atoms with Gasteiger partial charge < -0.3 is 4.90 Å². The Labute approximate surface area is 97.3 Å². The molecule has 0 atom stereocenters. The molecule has 0 aromatic carbocycles. The van der Waals surface area contributed by atoms with Crippen LogP contribution in [0.15, 0.2) is 12.1 Å². The highest BCUT2D eigenvalue weighted by Gasteiger charge is 2.05. The smallest absolute Gasteiger partial charge is 0.128 e. The Morgan fingerprint density at radius 1 is 1.33 bits per heavy atom. The van der Waals surface area contributed by atoms with Crippen LogP contribution in [-0.2, 0) is 12.3 Å². The van der Waals surface area contributed by atoms with E-state index in [2.05, 4.69) is 42.9 Å². The van der Waals surface area contributed by atoms with Crippen LogP contribution in [0.5, 0.6) is 0 Å². The van der Waals surface area contributed by atoms with Gasteiger partial charge in [0, 0.05) is 25.2 Å². The molecule has 0 saturated carbocycles. The van der Waals surface area contributed by atoms with Crippen LogP contribution in [0.2, 0.25) is 0 Å². The van der Waals surface area contributed by atoms with Crippen molar-refractivity contribution in [3.05, 3.63) is 23.4 Å². The average Bonchev–Trinajstić information content (AvgIpc) is 2.28. The Hall–Kier alpha value is -0.760. The fourth-order valence-electron chi connectivity index (χ4n) is 1.54. The van der Waals surface area contributed by atoms with Crippen LogP contribution in [0.25, 0.3) is 0 Å². The molecular formula is C12H19ClN2. The molecule has 0 N–H and O–H groups in total. The predicted octanol–water partition coefficient (Wildman–Crippen LogP) is 3.23. The van der Waals surface area contributed by atoms with Gasteiger partial charge in [0.05, 0.1) is 0 Å². The topological polar surface area (TPSA) is 16.1 Å². The summed E-state index contributed by atoms with van der Waals surface area (Å²) >= 11 is 5.86. The van der Waals surface area contributed by atoms with Crippen molar-refractivity contribution in [2.24, 2.45) is 0 Å². The Bertz CT molecular complexity index is 290. The van der Waals surface area contributed by atoms with Gasteiger partial charge in [-0.2, -0.15) is 0 Å². The van der Waals surface area contributed by atoms with Crippen molar-refractivity contribution in [2.45, 2.75) is 32.6 Å². The normalized spacial score (nSPS) is 10.4. The first-order chi connectivity index (χ1) is 7.21. The molecule has 0 radical (unpaired) electrons. The average molecular weight is 227 g/mol. The van der Waals surface area contributed by atoms with E-state index >= 15 is 0 Å². The van der Waals surface area contributed by atoms with Crippen molar-refractivity contribution in [3.63, 3.8) is 0 Å². The molecule has 3 heteroatoms. The maximum atomic E-state index is 5.86. The van der Waals surface area contributed by atoms with Crippen molar-refractivity contribution in [1.82, 2.24) is 4.98 Å². The van der Waals surface area contributed by atoms with Crippen LogP contribution in [0.4, 0.5) is 5.82 Å². The highest BCUT2D eigenvalue weighted by molar-refractivity contribution is 6.17. The summed E-state index contributed by atoms with van der Waals surface area (Å²) in [5, 5.41) is 0. The lowest BCUT2D eigenvalue weighted by Crippen LogP contribution is -2.19. The van der Waals surface area contributed by atoms with E-state index in [4.69, 9.17) is 11.6 Å². The summed E-state index contributed by atoms with van der Waals surface area (Å²) in [6.07, 6.45) is 2.09. The molecule has 0 fully saturated rings. The van der Waals surface area contributed by atoms with Gasteiger partial charge in [-0.15, -0.1) is 11.6 Å². The monoisotopic (exact) mass is 226 g/mol. The number of alkyl halides is 1. The van der Waals surface area contributed by atoms with Gasteiger partial charge in [-0.3, -0.25) is 0 Å². The number of rotatable bonds is 5. The van der Waals surface area contributed by atoms with Gasteiger partial charge >= 0.3 is 0 Å². The van der Waals surface area contributed by atoms with Crippen LogP contribution >= 0.6 is 11.6 Å². The number of hydrogen-bond acceptors (Lipinski definition) is 2.